The lowest BCUT2D eigenvalue weighted by molar-refractivity contribution is -0.383. The quantitative estimate of drug-likeness (QED) is 0.619. The van der Waals surface area contributed by atoms with Crippen LogP contribution in [0.4, 0.5) is 23.0 Å². The Kier molecular flexibility index (Phi) is 5.50. The summed E-state index contributed by atoms with van der Waals surface area (Å²) in [5, 5.41) is 14.9. The predicted molar refractivity (Wildman–Crippen MR) is 100 cm³/mol. The summed E-state index contributed by atoms with van der Waals surface area (Å²) in [6.07, 6.45) is 5.49. The zero-order chi connectivity index (χ0) is 18.5. The maximum atomic E-state index is 11.8. The van der Waals surface area contributed by atoms with Crippen molar-refractivity contribution in [3.63, 3.8) is 0 Å². The third-order valence-corrected chi connectivity index (χ3v) is 4.69. The fourth-order valence-electron chi connectivity index (χ4n) is 3.38. The molecule has 1 aliphatic heterocycles. The van der Waals surface area contributed by atoms with Crippen LogP contribution in [-0.4, -0.2) is 34.6 Å². The van der Waals surface area contributed by atoms with Crippen molar-refractivity contribution < 1.29 is 9.66 Å². The molecule has 8 nitrogen and oxygen atoms in total. The summed E-state index contributed by atoms with van der Waals surface area (Å²) in [5.41, 5.74) is 0.582. The van der Waals surface area contributed by atoms with Crippen LogP contribution in [0, 0.1) is 10.1 Å². The Morgan fingerprint density at radius 3 is 2.96 bits per heavy atom. The van der Waals surface area contributed by atoms with E-state index in [9.17, 15) is 10.1 Å². The average molecular weight is 357 g/mol. The Hall–Kier alpha value is -2.90. The van der Waals surface area contributed by atoms with Gasteiger partial charge in [-0.15, -0.1) is 0 Å². The largest absolute Gasteiger partial charge is 0.497 e. The second-order valence-electron chi connectivity index (χ2n) is 6.26. The Morgan fingerprint density at radius 1 is 1.38 bits per heavy atom. The molecule has 0 amide bonds. The number of nitro groups is 1. The second kappa shape index (κ2) is 7.99. The van der Waals surface area contributed by atoms with E-state index >= 15 is 0 Å². The molecule has 0 bridgehead atoms. The van der Waals surface area contributed by atoms with Crippen LogP contribution in [0.2, 0.25) is 0 Å². The summed E-state index contributed by atoms with van der Waals surface area (Å²) in [4.78, 5) is 21.9. The molecule has 0 saturated carbocycles. The van der Waals surface area contributed by atoms with Crippen molar-refractivity contribution in [3.8, 4) is 5.75 Å². The first-order chi connectivity index (χ1) is 12.6. The van der Waals surface area contributed by atoms with Gasteiger partial charge in [0.05, 0.1) is 12.0 Å². The normalized spacial score (nSPS) is 17.0. The number of benzene rings is 1. The number of nitrogens with zero attached hydrogens (tertiary/aromatic N) is 4. The number of hydrogen-bond acceptors (Lipinski definition) is 7. The first-order valence-corrected chi connectivity index (χ1v) is 8.81. The number of nitrogens with one attached hydrogen (secondary N) is 1. The Labute approximate surface area is 152 Å². The topological polar surface area (TPSA) is 93.4 Å². The van der Waals surface area contributed by atoms with Crippen molar-refractivity contribution in [2.24, 2.45) is 0 Å². The van der Waals surface area contributed by atoms with Crippen LogP contribution in [0.5, 0.6) is 5.75 Å². The van der Waals surface area contributed by atoms with E-state index < -0.39 is 4.92 Å². The highest BCUT2D eigenvalue weighted by Gasteiger charge is 2.31. The predicted octanol–water partition coefficient (Wildman–Crippen LogP) is 3.91. The van der Waals surface area contributed by atoms with Crippen LogP contribution in [0.15, 0.2) is 30.6 Å². The molecule has 1 aliphatic rings. The van der Waals surface area contributed by atoms with Crippen LogP contribution in [-0.2, 0) is 0 Å². The Bertz CT molecular complexity index is 783. The van der Waals surface area contributed by atoms with Crippen molar-refractivity contribution >= 4 is 23.0 Å². The second-order valence-corrected chi connectivity index (χ2v) is 6.26. The van der Waals surface area contributed by atoms with E-state index in [-0.39, 0.29) is 17.5 Å². The lowest BCUT2D eigenvalue weighted by Crippen LogP contribution is -2.40. The van der Waals surface area contributed by atoms with Crippen LogP contribution < -0.4 is 15.0 Å². The van der Waals surface area contributed by atoms with E-state index in [0.29, 0.717) is 17.3 Å². The van der Waals surface area contributed by atoms with Gasteiger partial charge in [-0.25, -0.2) is 9.97 Å². The highest BCUT2D eigenvalue weighted by atomic mass is 16.6. The van der Waals surface area contributed by atoms with Gasteiger partial charge in [0.25, 0.3) is 0 Å². The highest BCUT2D eigenvalue weighted by molar-refractivity contribution is 5.75. The van der Waals surface area contributed by atoms with E-state index in [4.69, 9.17) is 4.74 Å². The van der Waals surface area contributed by atoms with Gasteiger partial charge < -0.3 is 15.0 Å². The zero-order valence-electron chi connectivity index (χ0n) is 15.0. The van der Waals surface area contributed by atoms with Crippen molar-refractivity contribution in [1.29, 1.82) is 0 Å². The minimum absolute atomic E-state index is 0.0873. The zero-order valence-corrected chi connectivity index (χ0v) is 15.0. The third-order valence-electron chi connectivity index (χ3n) is 4.69. The fourth-order valence-corrected chi connectivity index (χ4v) is 3.38. The van der Waals surface area contributed by atoms with Gasteiger partial charge in [0.2, 0.25) is 11.6 Å². The lowest BCUT2D eigenvalue weighted by atomic mass is 10.00. The standard InChI is InChI=1S/C18H23N5O3/c1-3-14-8-4-5-10-22(14)18-16(23(24)25)17(19-12-20-18)21-13-7-6-9-15(11-13)26-2/h6-7,9,11-12,14H,3-5,8,10H2,1-2H3,(H,19,20,21). The van der Waals surface area contributed by atoms with Crippen molar-refractivity contribution in [2.45, 2.75) is 38.6 Å². The molecule has 1 N–H and O–H groups in total. The molecule has 0 aliphatic carbocycles. The molecular weight excluding hydrogens is 334 g/mol. The van der Waals surface area contributed by atoms with Gasteiger partial charge in [-0.1, -0.05) is 13.0 Å². The van der Waals surface area contributed by atoms with Gasteiger partial charge >= 0.3 is 5.69 Å². The number of methoxy groups -OCH3 is 1. The maximum absolute atomic E-state index is 11.8. The number of rotatable bonds is 6. The number of ether oxygens (including phenoxy) is 1. The van der Waals surface area contributed by atoms with E-state index in [2.05, 4.69) is 27.1 Å². The Morgan fingerprint density at radius 2 is 2.23 bits per heavy atom. The summed E-state index contributed by atoms with van der Waals surface area (Å²) in [6, 6.07) is 7.46. The first-order valence-electron chi connectivity index (χ1n) is 8.81. The molecule has 1 saturated heterocycles. The van der Waals surface area contributed by atoms with Crippen LogP contribution in [0.3, 0.4) is 0 Å². The molecule has 138 valence electrons. The molecule has 0 spiro atoms. The third kappa shape index (κ3) is 3.68. The molecule has 26 heavy (non-hydrogen) atoms. The maximum Gasteiger partial charge on any atom is 0.353 e. The number of piperidine rings is 1. The van der Waals surface area contributed by atoms with E-state index in [1.165, 1.54) is 6.33 Å². The van der Waals surface area contributed by atoms with E-state index in [0.717, 1.165) is 32.2 Å². The van der Waals surface area contributed by atoms with Gasteiger partial charge in [-0.05, 0) is 37.8 Å². The first kappa shape index (κ1) is 17.9. The fraction of sp³-hybridized carbons (Fsp3) is 0.444. The van der Waals surface area contributed by atoms with Crippen LogP contribution >= 0.6 is 0 Å². The molecular formula is C18H23N5O3. The minimum Gasteiger partial charge on any atom is -0.497 e. The minimum atomic E-state index is -0.404. The molecule has 2 heterocycles. The number of anilines is 3. The molecule has 1 unspecified atom stereocenters. The summed E-state index contributed by atoms with van der Waals surface area (Å²) in [6.45, 7) is 2.88. The molecule has 8 heteroatoms. The van der Waals surface area contributed by atoms with Crippen molar-refractivity contribution in [1.82, 2.24) is 9.97 Å². The molecule has 1 aromatic heterocycles. The van der Waals surface area contributed by atoms with Crippen molar-refractivity contribution in [2.75, 3.05) is 23.9 Å². The monoisotopic (exact) mass is 357 g/mol. The molecule has 1 aromatic carbocycles. The van der Waals surface area contributed by atoms with Crippen LogP contribution in [0.25, 0.3) is 0 Å². The van der Waals surface area contributed by atoms with Gasteiger partial charge in [-0.3, -0.25) is 10.1 Å². The summed E-state index contributed by atoms with van der Waals surface area (Å²) in [7, 11) is 1.57. The number of hydrogen-bond donors (Lipinski definition) is 1. The van der Waals surface area contributed by atoms with E-state index in [1.807, 2.05) is 18.2 Å². The average Bonchev–Trinajstić information content (AvgIpc) is 2.67. The van der Waals surface area contributed by atoms with Crippen LogP contribution in [0.1, 0.15) is 32.6 Å². The smallest absolute Gasteiger partial charge is 0.353 e. The number of aromatic nitrogens is 2. The highest BCUT2D eigenvalue weighted by Crippen LogP contribution is 2.37. The molecule has 1 atom stereocenters. The molecule has 0 radical (unpaired) electrons. The van der Waals surface area contributed by atoms with Gasteiger partial charge in [0, 0.05) is 24.3 Å². The van der Waals surface area contributed by atoms with Gasteiger partial charge in [-0.2, -0.15) is 0 Å². The van der Waals surface area contributed by atoms with Gasteiger partial charge in [0.15, 0.2) is 0 Å². The summed E-state index contributed by atoms with van der Waals surface area (Å²) in [5.74, 6) is 1.24. The summed E-state index contributed by atoms with van der Waals surface area (Å²) < 4.78 is 5.20. The summed E-state index contributed by atoms with van der Waals surface area (Å²) >= 11 is 0. The molecule has 2 aromatic rings. The van der Waals surface area contributed by atoms with Crippen molar-refractivity contribution in [3.05, 3.63) is 40.7 Å². The van der Waals surface area contributed by atoms with Gasteiger partial charge in [0.1, 0.15) is 12.1 Å². The molecule has 3 rings (SSSR count). The Balaban J connectivity index is 1.99. The van der Waals surface area contributed by atoms with E-state index in [1.54, 1.807) is 13.2 Å². The molecule has 1 fully saturated rings. The lowest BCUT2D eigenvalue weighted by Gasteiger charge is -2.35. The SMILES string of the molecule is CCC1CCCCN1c1ncnc(Nc2cccc(OC)c2)c1[N+](=O)[O-].